The van der Waals surface area contributed by atoms with Gasteiger partial charge in [-0.05, 0) is 36.4 Å². The topological polar surface area (TPSA) is 92.7 Å². The maximum Gasteiger partial charge on any atom is 0.325 e. The first-order chi connectivity index (χ1) is 9.39. The number of rotatable bonds is 5. The van der Waals surface area contributed by atoms with E-state index in [2.05, 4.69) is 4.72 Å². The number of hydrogen-bond donors (Lipinski definition) is 2. The van der Waals surface area contributed by atoms with Crippen molar-refractivity contribution >= 4 is 27.8 Å². The summed E-state index contributed by atoms with van der Waals surface area (Å²) in [5.41, 5.74) is -1.41. The second-order valence-electron chi connectivity index (χ2n) is 4.47. The Morgan fingerprint density at radius 2 is 2.05 bits per heavy atom. The Morgan fingerprint density at radius 1 is 1.40 bits per heavy atom. The number of carboxylic acids is 1. The highest BCUT2D eigenvalue weighted by Crippen LogP contribution is 2.30. The molecule has 1 aliphatic heterocycles. The number of benzene rings is 1. The minimum absolute atomic E-state index is 0.0239. The van der Waals surface area contributed by atoms with Crippen molar-refractivity contribution in [3.63, 3.8) is 0 Å². The quantitative estimate of drug-likeness (QED) is 0.839. The van der Waals surface area contributed by atoms with Crippen LogP contribution in [-0.4, -0.2) is 43.6 Å². The van der Waals surface area contributed by atoms with Gasteiger partial charge in [-0.3, -0.25) is 4.79 Å². The molecule has 20 heavy (non-hydrogen) atoms. The zero-order chi connectivity index (χ0) is 14.8. The molecule has 1 aromatic rings. The van der Waals surface area contributed by atoms with Crippen molar-refractivity contribution in [1.29, 1.82) is 0 Å². The number of aliphatic carboxylic acids is 1. The highest BCUT2D eigenvalue weighted by atomic mass is 32.2. The van der Waals surface area contributed by atoms with Gasteiger partial charge in [0.05, 0.1) is 12.0 Å². The molecule has 1 unspecified atom stereocenters. The van der Waals surface area contributed by atoms with Crippen LogP contribution in [0.25, 0.3) is 0 Å². The van der Waals surface area contributed by atoms with Gasteiger partial charge >= 0.3 is 5.97 Å². The molecular weight excluding hydrogens is 302 g/mol. The zero-order valence-corrected chi connectivity index (χ0v) is 12.5. The van der Waals surface area contributed by atoms with E-state index in [0.717, 1.165) is 0 Å². The molecule has 0 spiro atoms. The Bertz CT molecular complexity index is 591. The van der Waals surface area contributed by atoms with E-state index in [-0.39, 0.29) is 17.1 Å². The molecule has 2 rings (SSSR count). The van der Waals surface area contributed by atoms with Gasteiger partial charge in [0, 0.05) is 5.75 Å². The highest BCUT2D eigenvalue weighted by Gasteiger charge is 2.45. The first-order valence-corrected chi connectivity index (χ1v) is 8.53. The third-order valence-electron chi connectivity index (χ3n) is 3.13. The standard InChI is InChI=1S/C12H15NO5S2/c1-18-9-2-4-10(5-3-9)20(16,17)13-12(11(14)15)6-7-19-8-12/h2-5,13H,6-8H2,1H3,(H,14,15). The Balaban J connectivity index is 2.27. The van der Waals surface area contributed by atoms with Crippen molar-refractivity contribution in [3.05, 3.63) is 24.3 Å². The van der Waals surface area contributed by atoms with E-state index in [9.17, 15) is 18.3 Å². The van der Waals surface area contributed by atoms with Crippen molar-refractivity contribution in [3.8, 4) is 5.75 Å². The van der Waals surface area contributed by atoms with Crippen LogP contribution in [0.2, 0.25) is 0 Å². The molecule has 1 heterocycles. The monoisotopic (exact) mass is 317 g/mol. The summed E-state index contributed by atoms with van der Waals surface area (Å²) in [6.45, 7) is 0. The lowest BCUT2D eigenvalue weighted by atomic mass is 10.0. The second kappa shape index (κ2) is 5.63. The van der Waals surface area contributed by atoms with Crippen molar-refractivity contribution in [2.75, 3.05) is 18.6 Å². The van der Waals surface area contributed by atoms with Crippen molar-refractivity contribution in [2.45, 2.75) is 16.9 Å². The molecule has 2 N–H and O–H groups in total. The van der Waals surface area contributed by atoms with Crippen molar-refractivity contribution < 1.29 is 23.1 Å². The number of ether oxygens (including phenoxy) is 1. The van der Waals surface area contributed by atoms with Gasteiger partial charge in [0.25, 0.3) is 0 Å². The van der Waals surface area contributed by atoms with Crippen LogP contribution in [0.5, 0.6) is 5.75 Å². The van der Waals surface area contributed by atoms with Gasteiger partial charge in [0.2, 0.25) is 10.0 Å². The highest BCUT2D eigenvalue weighted by molar-refractivity contribution is 7.99. The number of carbonyl (C=O) groups is 1. The first kappa shape index (κ1) is 15.1. The molecule has 0 aromatic heterocycles. The molecule has 0 saturated carbocycles. The third-order valence-corrected chi connectivity index (χ3v) is 5.87. The van der Waals surface area contributed by atoms with E-state index < -0.39 is 21.5 Å². The lowest BCUT2D eigenvalue weighted by Crippen LogP contribution is -2.54. The Kier molecular flexibility index (Phi) is 4.26. The summed E-state index contributed by atoms with van der Waals surface area (Å²) in [7, 11) is -2.39. The van der Waals surface area contributed by atoms with Crippen molar-refractivity contribution in [2.24, 2.45) is 0 Å². The molecule has 0 aliphatic carbocycles. The van der Waals surface area contributed by atoms with Crippen LogP contribution in [0.3, 0.4) is 0 Å². The zero-order valence-electron chi connectivity index (χ0n) is 10.8. The molecular formula is C12H15NO5S2. The van der Waals surface area contributed by atoms with Gasteiger partial charge < -0.3 is 9.84 Å². The fraction of sp³-hybridized carbons (Fsp3) is 0.417. The maximum atomic E-state index is 12.3. The summed E-state index contributed by atoms with van der Waals surface area (Å²) < 4.78 is 31.8. The summed E-state index contributed by atoms with van der Waals surface area (Å²) in [5, 5.41) is 9.30. The fourth-order valence-corrected chi connectivity index (χ4v) is 4.73. The summed E-state index contributed by atoms with van der Waals surface area (Å²) in [4.78, 5) is 11.4. The summed E-state index contributed by atoms with van der Waals surface area (Å²) in [5.74, 6) is 0.253. The smallest absolute Gasteiger partial charge is 0.325 e. The molecule has 8 heteroatoms. The average molecular weight is 317 g/mol. The molecule has 1 aliphatic rings. The predicted octanol–water partition coefficient (Wildman–Crippen LogP) is 0.934. The van der Waals surface area contributed by atoms with Crippen LogP contribution in [0.15, 0.2) is 29.2 Å². The number of carboxylic acid groups (broad SMARTS) is 1. The lowest BCUT2D eigenvalue weighted by Gasteiger charge is -2.24. The lowest BCUT2D eigenvalue weighted by molar-refractivity contribution is -0.142. The molecule has 1 aromatic carbocycles. The second-order valence-corrected chi connectivity index (χ2v) is 7.26. The first-order valence-electron chi connectivity index (χ1n) is 5.89. The molecule has 0 radical (unpaired) electrons. The molecule has 6 nitrogen and oxygen atoms in total. The van der Waals surface area contributed by atoms with E-state index in [0.29, 0.717) is 11.5 Å². The molecule has 0 bridgehead atoms. The van der Waals surface area contributed by atoms with Gasteiger partial charge in [-0.25, -0.2) is 8.42 Å². The van der Waals surface area contributed by atoms with E-state index in [1.54, 1.807) is 0 Å². The molecule has 1 atom stereocenters. The summed E-state index contributed by atoms with van der Waals surface area (Å²) in [6.07, 6.45) is 0.280. The van der Waals surface area contributed by atoms with Crippen LogP contribution >= 0.6 is 11.8 Å². The van der Waals surface area contributed by atoms with E-state index >= 15 is 0 Å². The summed E-state index contributed by atoms with van der Waals surface area (Å²) >= 11 is 1.42. The number of hydrogen-bond acceptors (Lipinski definition) is 5. The van der Waals surface area contributed by atoms with Crippen LogP contribution in [0, 0.1) is 0 Å². The minimum atomic E-state index is -3.87. The average Bonchev–Trinajstić information content (AvgIpc) is 2.88. The van der Waals surface area contributed by atoms with Crippen LogP contribution in [-0.2, 0) is 14.8 Å². The number of thioether (sulfide) groups is 1. The Labute approximate surface area is 121 Å². The Hall–Kier alpha value is -1.25. The van der Waals surface area contributed by atoms with E-state index in [1.165, 1.54) is 43.1 Å². The molecule has 0 amide bonds. The number of methoxy groups -OCH3 is 1. The third kappa shape index (κ3) is 2.92. The van der Waals surface area contributed by atoms with Gasteiger partial charge in [0.15, 0.2) is 0 Å². The largest absolute Gasteiger partial charge is 0.497 e. The molecule has 1 fully saturated rings. The molecule has 110 valence electrons. The van der Waals surface area contributed by atoms with Gasteiger partial charge in [-0.15, -0.1) is 0 Å². The maximum absolute atomic E-state index is 12.3. The van der Waals surface area contributed by atoms with Gasteiger partial charge in [-0.2, -0.15) is 16.5 Å². The Morgan fingerprint density at radius 3 is 2.50 bits per heavy atom. The summed E-state index contributed by atoms with van der Waals surface area (Å²) in [6, 6.07) is 5.81. The van der Waals surface area contributed by atoms with E-state index in [4.69, 9.17) is 4.74 Å². The van der Waals surface area contributed by atoms with Crippen LogP contribution in [0.4, 0.5) is 0 Å². The van der Waals surface area contributed by atoms with Gasteiger partial charge in [-0.1, -0.05) is 0 Å². The number of sulfonamides is 1. The normalized spacial score (nSPS) is 22.6. The minimum Gasteiger partial charge on any atom is -0.497 e. The van der Waals surface area contributed by atoms with Gasteiger partial charge in [0.1, 0.15) is 11.3 Å². The SMILES string of the molecule is COc1ccc(S(=O)(=O)NC2(C(=O)O)CCSC2)cc1. The van der Waals surface area contributed by atoms with Crippen LogP contribution < -0.4 is 9.46 Å². The predicted molar refractivity (Wildman–Crippen MR) is 75.6 cm³/mol. The fourth-order valence-electron chi connectivity index (χ4n) is 1.93. The molecule has 1 saturated heterocycles. The van der Waals surface area contributed by atoms with Crippen LogP contribution in [0.1, 0.15) is 6.42 Å². The number of nitrogens with one attached hydrogen (secondary N) is 1. The van der Waals surface area contributed by atoms with E-state index in [1.807, 2.05) is 0 Å². The van der Waals surface area contributed by atoms with Crippen molar-refractivity contribution in [1.82, 2.24) is 4.72 Å².